The molecule has 0 saturated carbocycles. The van der Waals surface area contributed by atoms with Gasteiger partial charge in [-0.1, -0.05) is 36.4 Å². The first kappa shape index (κ1) is 18.0. The lowest BCUT2D eigenvalue weighted by Gasteiger charge is -2.24. The smallest absolute Gasteiger partial charge is 0.256 e. The van der Waals surface area contributed by atoms with E-state index >= 15 is 0 Å². The minimum atomic E-state index is -0.611. The molecule has 2 amide bonds. The summed E-state index contributed by atoms with van der Waals surface area (Å²) in [6, 6.07) is 18.8. The minimum Gasteiger partial charge on any atom is -0.490 e. The number of fused-ring (bicyclic) bond motifs is 2. The molecule has 1 heterocycles. The molecule has 0 saturated heterocycles. The second-order valence-corrected chi connectivity index (χ2v) is 7.70. The van der Waals surface area contributed by atoms with Crippen molar-refractivity contribution in [3.63, 3.8) is 0 Å². The Morgan fingerprint density at radius 2 is 1.82 bits per heavy atom. The van der Waals surface area contributed by atoms with Gasteiger partial charge in [-0.25, -0.2) is 0 Å². The molecule has 0 radical (unpaired) electrons. The number of amides is 2. The average molecular weight is 374 g/mol. The Bertz CT molecular complexity index is 1080. The predicted molar refractivity (Wildman–Crippen MR) is 111 cm³/mol. The van der Waals surface area contributed by atoms with E-state index in [0.29, 0.717) is 29.3 Å². The van der Waals surface area contributed by atoms with E-state index in [1.807, 2.05) is 56.3 Å². The molecule has 0 aromatic heterocycles. The first-order valence-corrected chi connectivity index (χ1v) is 9.21. The van der Waals surface area contributed by atoms with Crippen molar-refractivity contribution >= 4 is 34.0 Å². The summed E-state index contributed by atoms with van der Waals surface area (Å²) in [6.07, 6.45) is 0. The molecule has 0 spiro atoms. The maximum absolute atomic E-state index is 12.9. The molecular formula is C23H22N2O3. The van der Waals surface area contributed by atoms with E-state index in [9.17, 15) is 9.59 Å². The summed E-state index contributed by atoms with van der Waals surface area (Å²) >= 11 is 0. The van der Waals surface area contributed by atoms with Crippen molar-refractivity contribution in [2.24, 2.45) is 5.41 Å². The van der Waals surface area contributed by atoms with Crippen molar-refractivity contribution < 1.29 is 14.3 Å². The average Bonchev–Trinajstić information content (AvgIpc) is 2.78. The molecule has 4 rings (SSSR count). The Kier molecular flexibility index (Phi) is 4.30. The summed E-state index contributed by atoms with van der Waals surface area (Å²) in [6.45, 7) is 4.03. The van der Waals surface area contributed by atoms with Gasteiger partial charge in [0.25, 0.3) is 5.91 Å². The van der Waals surface area contributed by atoms with Crippen LogP contribution in [-0.2, 0) is 4.79 Å². The molecule has 0 unspecified atom stereocenters. The van der Waals surface area contributed by atoms with Gasteiger partial charge >= 0.3 is 0 Å². The number of hydrogen-bond acceptors (Lipinski definition) is 3. The molecule has 28 heavy (non-hydrogen) atoms. The lowest BCUT2D eigenvalue weighted by Crippen LogP contribution is -2.39. The van der Waals surface area contributed by atoms with Gasteiger partial charge in [-0.05, 0) is 48.9 Å². The standard InChI is InChI=1S/C23H22N2O3/c1-23(2)14-28-20-12-11-16(13-19(20)25(3)22(23)27)24-21(26)18-10-6-8-15-7-4-5-9-17(15)18/h4-13H,14H2,1-3H3,(H,24,26). The summed E-state index contributed by atoms with van der Waals surface area (Å²) in [4.78, 5) is 27.2. The molecule has 0 aliphatic carbocycles. The molecule has 1 aliphatic rings. The van der Waals surface area contributed by atoms with Crippen LogP contribution in [0, 0.1) is 5.41 Å². The molecule has 3 aromatic rings. The fraction of sp³-hybridized carbons (Fsp3) is 0.217. The number of ether oxygens (including phenoxy) is 1. The van der Waals surface area contributed by atoms with Crippen LogP contribution in [-0.4, -0.2) is 25.5 Å². The molecule has 3 aromatic carbocycles. The highest BCUT2D eigenvalue weighted by Crippen LogP contribution is 2.37. The zero-order chi connectivity index (χ0) is 19.9. The number of carbonyl (C=O) groups is 2. The Morgan fingerprint density at radius 1 is 1.07 bits per heavy atom. The second kappa shape index (κ2) is 6.68. The van der Waals surface area contributed by atoms with Crippen LogP contribution in [0.15, 0.2) is 60.7 Å². The Morgan fingerprint density at radius 3 is 2.64 bits per heavy atom. The fourth-order valence-electron chi connectivity index (χ4n) is 3.48. The van der Waals surface area contributed by atoms with E-state index in [1.165, 1.54) is 0 Å². The van der Waals surface area contributed by atoms with E-state index in [2.05, 4.69) is 5.32 Å². The highest BCUT2D eigenvalue weighted by Gasteiger charge is 2.36. The zero-order valence-electron chi connectivity index (χ0n) is 16.2. The van der Waals surface area contributed by atoms with Gasteiger partial charge in [-0.15, -0.1) is 0 Å². The highest BCUT2D eigenvalue weighted by molar-refractivity contribution is 6.13. The van der Waals surface area contributed by atoms with Gasteiger partial charge in [0.2, 0.25) is 5.91 Å². The van der Waals surface area contributed by atoms with Crippen molar-refractivity contribution in [2.45, 2.75) is 13.8 Å². The van der Waals surface area contributed by atoms with Crippen LogP contribution < -0.4 is 15.0 Å². The van der Waals surface area contributed by atoms with Crippen LogP contribution in [0.25, 0.3) is 10.8 Å². The maximum atomic E-state index is 12.9. The summed E-state index contributed by atoms with van der Waals surface area (Å²) in [7, 11) is 1.73. The highest BCUT2D eigenvalue weighted by atomic mass is 16.5. The minimum absolute atomic E-state index is 0.0243. The van der Waals surface area contributed by atoms with Crippen molar-refractivity contribution in [3.05, 3.63) is 66.2 Å². The van der Waals surface area contributed by atoms with Gasteiger partial charge in [0.05, 0.1) is 11.1 Å². The Balaban J connectivity index is 1.66. The third-order valence-electron chi connectivity index (χ3n) is 5.08. The third-order valence-corrected chi connectivity index (χ3v) is 5.08. The van der Waals surface area contributed by atoms with Gasteiger partial charge in [0.15, 0.2) is 0 Å². The number of benzene rings is 3. The fourth-order valence-corrected chi connectivity index (χ4v) is 3.48. The second-order valence-electron chi connectivity index (χ2n) is 7.70. The van der Waals surface area contributed by atoms with Gasteiger partial charge in [0.1, 0.15) is 12.4 Å². The van der Waals surface area contributed by atoms with E-state index in [0.717, 1.165) is 10.8 Å². The maximum Gasteiger partial charge on any atom is 0.256 e. The first-order chi connectivity index (χ1) is 13.4. The number of anilines is 2. The molecule has 1 aliphatic heterocycles. The molecule has 1 N–H and O–H groups in total. The summed E-state index contributed by atoms with van der Waals surface area (Å²) in [5.41, 5.74) is 1.25. The van der Waals surface area contributed by atoms with Crippen LogP contribution >= 0.6 is 0 Å². The van der Waals surface area contributed by atoms with E-state index in [4.69, 9.17) is 4.74 Å². The molecular weight excluding hydrogens is 352 g/mol. The Labute approximate surface area is 163 Å². The number of nitrogens with one attached hydrogen (secondary N) is 1. The molecule has 0 fully saturated rings. The molecule has 0 bridgehead atoms. The van der Waals surface area contributed by atoms with Crippen LogP contribution in [0.5, 0.6) is 5.75 Å². The van der Waals surface area contributed by atoms with Gasteiger partial charge in [0, 0.05) is 18.3 Å². The largest absolute Gasteiger partial charge is 0.490 e. The predicted octanol–water partition coefficient (Wildman–Crippen LogP) is 4.47. The SMILES string of the molecule is CN1C(=O)C(C)(C)COc2ccc(NC(=O)c3cccc4ccccc34)cc21. The summed E-state index contributed by atoms with van der Waals surface area (Å²) in [5.74, 6) is 0.411. The van der Waals surface area contributed by atoms with Crippen molar-refractivity contribution in [1.82, 2.24) is 0 Å². The molecule has 142 valence electrons. The van der Waals surface area contributed by atoms with E-state index in [-0.39, 0.29) is 11.8 Å². The third kappa shape index (κ3) is 3.09. The van der Waals surface area contributed by atoms with Gasteiger partial charge in [-0.3, -0.25) is 9.59 Å². The number of carbonyl (C=O) groups excluding carboxylic acids is 2. The quantitative estimate of drug-likeness (QED) is 0.720. The van der Waals surface area contributed by atoms with Crippen LogP contribution in [0.1, 0.15) is 24.2 Å². The number of nitrogens with zero attached hydrogens (tertiary/aromatic N) is 1. The molecule has 5 nitrogen and oxygen atoms in total. The van der Waals surface area contributed by atoms with Crippen molar-refractivity contribution in [2.75, 3.05) is 23.9 Å². The molecule has 5 heteroatoms. The first-order valence-electron chi connectivity index (χ1n) is 9.21. The normalized spacial score (nSPS) is 15.5. The topological polar surface area (TPSA) is 58.6 Å². The van der Waals surface area contributed by atoms with Crippen LogP contribution in [0.3, 0.4) is 0 Å². The van der Waals surface area contributed by atoms with Gasteiger partial charge < -0.3 is 15.0 Å². The van der Waals surface area contributed by atoms with Gasteiger partial charge in [-0.2, -0.15) is 0 Å². The van der Waals surface area contributed by atoms with E-state index in [1.54, 1.807) is 30.1 Å². The molecule has 0 atom stereocenters. The van der Waals surface area contributed by atoms with E-state index < -0.39 is 5.41 Å². The monoisotopic (exact) mass is 374 g/mol. The number of hydrogen-bond donors (Lipinski definition) is 1. The lowest BCUT2D eigenvalue weighted by atomic mass is 9.93. The summed E-state index contributed by atoms with van der Waals surface area (Å²) < 4.78 is 5.83. The lowest BCUT2D eigenvalue weighted by molar-refractivity contribution is -0.127. The van der Waals surface area contributed by atoms with Crippen LogP contribution in [0.2, 0.25) is 0 Å². The van der Waals surface area contributed by atoms with Crippen molar-refractivity contribution in [3.8, 4) is 5.75 Å². The van der Waals surface area contributed by atoms with Crippen LogP contribution in [0.4, 0.5) is 11.4 Å². The zero-order valence-corrected chi connectivity index (χ0v) is 16.2. The number of rotatable bonds is 2. The van der Waals surface area contributed by atoms with Crippen molar-refractivity contribution in [1.29, 1.82) is 0 Å². The summed E-state index contributed by atoms with van der Waals surface area (Å²) in [5, 5.41) is 4.85. The Hall–Kier alpha value is -3.34.